The van der Waals surface area contributed by atoms with E-state index in [0.29, 0.717) is 0 Å². The number of nitrogens with zero attached hydrogens (tertiary/aromatic N) is 2. The number of carbonyl (C=O) groups is 1. The Morgan fingerprint density at radius 1 is 1.05 bits per heavy atom. The summed E-state index contributed by atoms with van der Waals surface area (Å²) in [4.78, 5) is 12.7. The van der Waals surface area contributed by atoms with E-state index in [1.165, 1.54) is 22.5 Å². The average Bonchev–Trinajstić information content (AvgIpc) is 3.24. The van der Waals surface area contributed by atoms with Crippen LogP contribution in [0.5, 0.6) is 0 Å². The van der Waals surface area contributed by atoms with Crippen LogP contribution in [0.3, 0.4) is 0 Å². The van der Waals surface area contributed by atoms with Gasteiger partial charge in [-0.3, -0.25) is 4.79 Å². The summed E-state index contributed by atoms with van der Waals surface area (Å²) < 4.78 is 73.6. The minimum absolute atomic E-state index is 0.0330. The average molecular weight is 562 g/mol. The van der Waals surface area contributed by atoms with E-state index < -0.39 is 33.6 Å². The van der Waals surface area contributed by atoms with Gasteiger partial charge in [0, 0.05) is 19.0 Å². The van der Waals surface area contributed by atoms with Crippen molar-refractivity contribution >= 4 is 33.8 Å². The molecule has 1 fully saturated rings. The van der Waals surface area contributed by atoms with Crippen LogP contribution in [0.4, 0.5) is 18.9 Å². The SMILES string of the molecule is Cc1cc(C)c(C=Cc2onc(C)c2S(=O)(=O)N2CCC(C(=O)Nc3ccccc3C(F)(F)F)CC2)c(C)c1. The number of hydrogen-bond donors (Lipinski definition) is 1. The second-order valence-corrected chi connectivity index (χ2v) is 11.7. The maximum absolute atomic E-state index is 13.6. The van der Waals surface area contributed by atoms with Gasteiger partial charge in [0.05, 0.1) is 11.3 Å². The van der Waals surface area contributed by atoms with Crippen LogP contribution in [0.25, 0.3) is 12.2 Å². The van der Waals surface area contributed by atoms with E-state index in [-0.39, 0.29) is 48.0 Å². The van der Waals surface area contributed by atoms with E-state index in [1.807, 2.05) is 32.9 Å². The maximum Gasteiger partial charge on any atom is 0.418 e. The van der Waals surface area contributed by atoms with E-state index in [4.69, 9.17) is 4.52 Å². The van der Waals surface area contributed by atoms with Crippen molar-refractivity contribution in [2.45, 2.75) is 51.6 Å². The molecular formula is C28H30F3N3O4S. The van der Waals surface area contributed by atoms with Gasteiger partial charge in [0.15, 0.2) is 10.7 Å². The summed E-state index contributed by atoms with van der Waals surface area (Å²) in [6.45, 7) is 7.58. The lowest BCUT2D eigenvalue weighted by molar-refractivity contribution is -0.137. The third-order valence-corrected chi connectivity index (χ3v) is 8.94. The van der Waals surface area contributed by atoms with Gasteiger partial charge in [0.2, 0.25) is 15.9 Å². The van der Waals surface area contributed by atoms with Gasteiger partial charge in [-0.1, -0.05) is 41.1 Å². The zero-order chi connectivity index (χ0) is 28.5. The van der Waals surface area contributed by atoms with Gasteiger partial charge in [-0.25, -0.2) is 8.42 Å². The molecule has 0 saturated carbocycles. The number of aromatic nitrogens is 1. The number of nitrogens with one attached hydrogen (secondary N) is 1. The molecule has 208 valence electrons. The number of piperidine rings is 1. The molecule has 1 saturated heterocycles. The highest BCUT2D eigenvalue weighted by atomic mass is 32.2. The van der Waals surface area contributed by atoms with E-state index in [0.717, 1.165) is 28.3 Å². The Balaban J connectivity index is 1.48. The molecule has 1 aromatic heterocycles. The fourth-order valence-corrected chi connectivity index (χ4v) is 6.69. The summed E-state index contributed by atoms with van der Waals surface area (Å²) in [7, 11) is -4.00. The van der Waals surface area contributed by atoms with Crippen molar-refractivity contribution in [3.8, 4) is 0 Å². The van der Waals surface area contributed by atoms with Crippen molar-refractivity contribution in [3.05, 3.63) is 75.7 Å². The van der Waals surface area contributed by atoms with Crippen LogP contribution in [0.2, 0.25) is 0 Å². The zero-order valence-corrected chi connectivity index (χ0v) is 22.9. The van der Waals surface area contributed by atoms with Crippen LogP contribution in [0.1, 0.15) is 52.1 Å². The fourth-order valence-electron chi connectivity index (χ4n) is 4.97. The molecule has 0 bridgehead atoms. The molecule has 4 rings (SSSR count). The van der Waals surface area contributed by atoms with Crippen LogP contribution in [-0.2, 0) is 21.0 Å². The molecule has 3 aromatic rings. The van der Waals surface area contributed by atoms with E-state index in [9.17, 15) is 26.4 Å². The van der Waals surface area contributed by atoms with Crippen molar-refractivity contribution in [3.63, 3.8) is 0 Å². The first-order valence-corrected chi connectivity index (χ1v) is 13.9. The standard InChI is InChI=1S/C28H30F3N3O4S/c1-17-15-18(2)22(19(3)16-17)9-10-25-26(20(4)33-38-25)39(36,37)34-13-11-21(12-14-34)27(35)32-24-8-6-5-7-23(24)28(29,30)31/h5-10,15-16,21H,11-14H2,1-4H3,(H,32,35). The van der Waals surface area contributed by atoms with Crippen LogP contribution in [0, 0.1) is 33.6 Å². The Hall–Kier alpha value is -3.44. The first-order valence-electron chi connectivity index (χ1n) is 12.5. The molecule has 0 radical (unpaired) electrons. The second-order valence-electron chi connectivity index (χ2n) is 9.82. The summed E-state index contributed by atoms with van der Waals surface area (Å²) in [5.74, 6) is -1.10. The van der Waals surface area contributed by atoms with Gasteiger partial charge in [-0.2, -0.15) is 17.5 Å². The molecule has 0 spiro atoms. The number of sulfonamides is 1. The lowest BCUT2D eigenvalue weighted by Gasteiger charge is -2.30. The predicted molar refractivity (Wildman–Crippen MR) is 142 cm³/mol. The quantitative estimate of drug-likeness (QED) is 0.391. The number of halogens is 3. The first-order chi connectivity index (χ1) is 18.3. The smallest absolute Gasteiger partial charge is 0.355 e. The minimum Gasteiger partial charge on any atom is -0.355 e. The van der Waals surface area contributed by atoms with Crippen molar-refractivity contribution in [2.24, 2.45) is 5.92 Å². The molecule has 1 aliphatic heterocycles. The van der Waals surface area contributed by atoms with Gasteiger partial charge in [-0.05, 0) is 75.4 Å². The molecule has 1 N–H and O–H groups in total. The topological polar surface area (TPSA) is 92.5 Å². The third-order valence-electron chi connectivity index (χ3n) is 6.89. The Bertz CT molecular complexity index is 1500. The fraction of sp³-hybridized carbons (Fsp3) is 0.357. The molecule has 0 atom stereocenters. The number of benzene rings is 2. The van der Waals surface area contributed by atoms with Gasteiger partial charge in [0.1, 0.15) is 5.69 Å². The number of para-hydroxylation sites is 1. The molecule has 2 aromatic carbocycles. The first kappa shape index (κ1) is 28.6. The van der Waals surface area contributed by atoms with Gasteiger partial charge in [-0.15, -0.1) is 0 Å². The number of rotatable bonds is 6. The van der Waals surface area contributed by atoms with Crippen LogP contribution >= 0.6 is 0 Å². The van der Waals surface area contributed by atoms with Crippen molar-refractivity contribution in [1.82, 2.24) is 9.46 Å². The Morgan fingerprint density at radius 2 is 1.67 bits per heavy atom. The molecule has 2 heterocycles. The van der Waals surface area contributed by atoms with Crippen LogP contribution in [-0.4, -0.2) is 36.9 Å². The largest absolute Gasteiger partial charge is 0.418 e. The summed E-state index contributed by atoms with van der Waals surface area (Å²) >= 11 is 0. The highest BCUT2D eigenvalue weighted by Gasteiger charge is 2.37. The Kier molecular flexibility index (Phi) is 8.04. The number of amides is 1. The maximum atomic E-state index is 13.6. The second kappa shape index (κ2) is 11.0. The molecule has 1 amide bonds. The minimum atomic E-state index is -4.61. The summed E-state index contributed by atoms with van der Waals surface area (Å²) in [6, 6.07) is 8.84. The van der Waals surface area contributed by atoms with Crippen LogP contribution in [0.15, 0.2) is 45.8 Å². The highest BCUT2D eigenvalue weighted by Crippen LogP contribution is 2.35. The molecule has 1 aliphatic rings. The molecule has 11 heteroatoms. The lowest BCUT2D eigenvalue weighted by Crippen LogP contribution is -2.41. The molecule has 0 unspecified atom stereocenters. The van der Waals surface area contributed by atoms with Crippen molar-refractivity contribution < 1.29 is 30.9 Å². The van der Waals surface area contributed by atoms with Crippen molar-refractivity contribution in [2.75, 3.05) is 18.4 Å². The van der Waals surface area contributed by atoms with E-state index >= 15 is 0 Å². The third kappa shape index (κ3) is 6.09. The molecule has 7 nitrogen and oxygen atoms in total. The number of carbonyl (C=O) groups excluding carboxylic acids is 1. The molecular weight excluding hydrogens is 531 g/mol. The Labute approximate surface area is 225 Å². The van der Waals surface area contributed by atoms with Gasteiger partial charge < -0.3 is 9.84 Å². The zero-order valence-electron chi connectivity index (χ0n) is 22.1. The summed E-state index contributed by atoms with van der Waals surface area (Å²) in [5, 5.41) is 6.25. The van der Waals surface area contributed by atoms with E-state index in [1.54, 1.807) is 19.1 Å². The van der Waals surface area contributed by atoms with Crippen LogP contribution < -0.4 is 5.32 Å². The number of anilines is 1. The Morgan fingerprint density at radius 3 is 2.28 bits per heavy atom. The number of alkyl halides is 3. The predicted octanol–water partition coefficient (Wildman–Crippen LogP) is 6.14. The molecule has 0 aliphatic carbocycles. The van der Waals surface area contributed by atoms with E-state index in [2.05, 4.69) is 10.5 Å². The van der Waals surface area contributed by atoms with Gasteiger partial charge >= 0.3 is 6.18 Å². The van der Waals surface area contributed by atoms with Gasteiger partial charge in [0.25, 0.3) is 0 Å². The number of aryl methyl sites for hydroxylation is 4. The van der Waals surface area contributed by atoms with Crippen molar-refractivity contribution in [1.29, 1.82) is 0 Å². The summed E-state index contributed by atoms with van der Waals surface area (Å²) in [5.41, 5.74) is 3.14. The number of hydrogen-bond acceptors (Lipinski definition) is 5. The lowest BCUT2D eigenvalue weighted by atomic mass is 9.97. The molecule has 39 heavy (non-hydrogen) atoms. The highest BCUT2D eigenvalue weighted by molar-refractivity contribution is 7.89. The summed E-state index contributed by atoms with van der Waals surface area (Å²) in [6.07, 6.45) is -0.887. The normalized spacial score (nSPS) is 15.7. The monoisotopic (exact) mass is 561 g/mol.